The molecule has 0 heterocycles. The van der Waals surface area contributed by atoms with Gasteiger partial charge in [-0.25, -0.2) is 0 Å². The van der Waals surface area contributed by atoms with Crippen molar-refractivity contribution in [3.05, 3.63) is 23.3 Å². The number of alkyl halides is 1. The Kier molecular flexibility index (Phi) is 9.30. The van der Waals surface area contributed by atoms with Crippen molar-refractivity contribution >= 4 is 21.9 Å². The molecule has 2 nitrogen and oxygen atoms in total. The van der Waals surface area contributed by atoms with Gasteiger partial charge in [-0.15, -0.1) is 0 Å². The third kappa shape index (κ3) is 9.97. The van der Waals surface area contributed by atoms with Crippen LogP contribution in [-0.4, -0.2) is 17.9 Å². The van der Waals surface area contributed by atoms with Crippen molar-refractivity contribution in [3.8, 4) is 0 Å². The number of rotatable bonds is 7. The second kappa shape index (κ2) is 9.64. The second-order valence-corrected chi connectivity index (χ2v) is 4.73. The molecule has 0 unspecified atom stereocenters. The van der Waals surface area contributed by atoms with Crippen molar-refractivity contribution in [2.75, 3.05) is 11.9 Å². The van der Waals surface area contributed by atoms with Gasteiger partial charge in [0.25, 0.3) is 0 Å². The van der Waals surface area contributed by atoms with Gasteiger partial charge in [0.05, 0.1) is 0 Å². The maximum absolute atomic E-state index is 10.7. The molecule has 0 saturated heterocycles. The zero-order chi connectivity index (χ0) is 12.4. The van der Waals surface area contributed by atoms with Crippen LogP contribution in [0, 0.1) is 0 Å². The lowest BCUT2D eigenvalue weighted by Gasteiger charge is -2.06. The van der Waals surface area contributed by atoms with Gasteiger partial charge in [-0.05, 0) is 38.7 Å². The number of hydrogen-bond donors (Lipinski definition) is 0. The molecule has 0 aliphatic carbocycles. The first-order valence-electron chi connectivity index (χ1n) is 5.57. The van der Waals surface area contributed by atoms with Crippen LogP contribution in [0.1, 0.15) is 40.0 Å². The van der Waals surface area contributed by atoms with Gasteiger partial charge < -0.3 is 4.74 Å². The Hall–Kier alpha value is -0.570. The van der Waals surface area contributed by atoms with Crippen molar-refractivity contribution < 1.29 is 9.53 Å². The van der Waals surface area contributed by atoms with E-state index in [4.69, 9.17) is 4.74 Å². The van der Waals surface area contributed by atoms with Crippen LogP contribution < -0.4 is 0 Å². The minimum atomic E-state index is -0.216. The molecule has 0 spiro atoms. The number of ether oxygens (including phenoxy) is 1. The highest BCUT2D eigenvalue weighted by Crippen LogP contribution is 2.10. The molecule has 0 aliphatic rings. The molecule has 0 aromatic carbocycles. The first-order valence-corrected chi connectivity index (χ1v) is 6.69. The lowest BCUT2D eigenvalue weighted by atomic mass is 10.1. The lowest BCUT2D eigenvalue weighted by Crippen LogP contribution is -2.03. The van der Waals surface area contributed by atoms with Crippen molar-refractivity contribution in [2.24, 2.45) is 0 Å². The molecule has 0 saturated carbocycles. The van der Waals surface area contributed by atoms with E-state index >= 15 is 0 Å². The molecule has 3 heteroatoms. The molecule has 0 fully saturated rings. The first kappa shape index (κ1) is 15.4. The normalized spacial score (nSPS) is 11.1. The van der Waals surface area contributed by atoms with Crippen LogP contribution in [0.15, 0.2) is 23.3 Å². The number of halogens is 1. The summed E-state index contributed by atoms with van der Waals surface area (Å²) in [5.74, 6) is -0.216. The van der Waals surface area contributed by atoms with E-state index in [-0.39, 0.29) is 5.97 Å². The Balaban J connectivity index is 4.10. The van der Waals surface area contributed by atoms with Gasteiger partial charge in [-0.2, -0.15) is 0 Å². The molecule has 0 aromatic heterocycles. The van der Waals surface area contributed by atoms with Crippen LogP contribution in [0.4, 0.5) is 0 Å². The van der Waals surface area contributed by atoms with Crippen LogP contribution in [-0.2, 0) is 9.53 Å². The molecule has 0 atom stereocenters. The SMILES string of the molecule is CC(=O)OC/C(=C/CCBr)CCC=C(C)C. The van der Waals surface area contributed by atoms with Crippen molar-refractivity contribution in [1.82, 2.24) is 0 Å². The standard InChI is InChI=1S/C13H21BrO2/c1-11(2)6-4-7-13(8-5-9-14)10-16-12(3)15/h6,8H,4-5,7,9-10H2,1-3H3/b13-8+. The molecule has 92 valence electrons. The number of carbonyl (C=O) groups excluding carboxylic acids is 1. The average Bonchev–Trinajstić information content (AvgIpc) is 2.20. The number of esters is 1. The largest absolute Gasteiger partial charge is 0.461 e. The fourth-order valence-electron chi connectivity index (χ4n) is 1.23. The fourth-order valence-corrected chi connectivity index (χ4v) is 1.46. The van der Waals surface area contributed by atoms with Gasteiger partial charge in [0.1, 0.15) is 6.61 Å². The molecule has 0 amide bonds. The van der Waals surface area contributed by atoms with Gasteiger partial charge in [0.2, 0.25) is 0 Å². The highest BCUT2D eigenvalue weighted by atomic mass is 79.9. The van der Waals surface area contributed by atoms with E-state index in [0.717, 1.165) is 24.6 Å². The van der Waals surface area contributed by atoms with E-state index in [1.54, 1.807) is 0 Å². The predicted octanol–water partition coefficient (Wildman–Crippen LogP) is 4.01. The van der Waals surface area contributed by atoms with Gasteiger partial charge in [-0.1, -0.05) is 33.7 Å². The molecule has 16 heavy (non-hydrogen) atoms. The number of allylic oxidation sites excluding steroid dienone is 3. The van der Waals surface area contributed by atoms with Crippen LogP contribution in [0.2, 0.25) is 0 Å². The lowest BCUT2D eigenvalue weighted by molar-refractivity contribution is -0.140. The zero-order valence-electron chi connectivity index (χ0n) is 10.4. The average molecular weight is 289 g/mol. The van der Waals surface area contributed by atoms with Crippen molar-refractivity contribution in [1.29, 1.82) is 0 Å². The van der Waals surface area contributed by atoms with E-state index in [2.05, 4.69) is 41.9 Å². The molecule has 0 radical (unpaired) electrons. The Bertz CT molecular complexity index is 263. The predicted molar refractivity (Wildman–Crippen MR) is 71.8 cm³/mol. The van der Waals surface area contributed by atoms with E-state index in [1.165, 1.54) is 18.1 Å². The summed E-state index contributed by atoms with van der Waals surface area (Å²) >= 11 is 3.39. The highest BCUT2D eigenvalue weighted by Gasteiger charge is 1.99. The van der Waals surface area contributed by atoms with E-state index in [9.17, 15) is 4.79 Å². The molecule has 0 aromatic rings. The van der Waals surface area contributed by atoms with E-state index in [1.807, 2.05) is 0 Å². The summed E-state index contributed by atoms with van der Waals surface area (Å²) in [7, 11) is 0. The Morgan fingerprint density at radius 3 is 2.38 bits per heavy atom. The Morgan fingerprint density at radius 1 is 1.19 bits per heavy atom. The third-order valence-corrected chi connectivity index (χ3v) is 2.48. The second-order valence-electron chi connectivity index (χ2n) is 3.94. The van der Waals surface area contributed by atoms with Gasteiger partial charge >= 0.3 is 5.97 Å². The van der Waals surface area contributed by atoms with E-state index < -0.39 is 0 Å². The quantitative estimate of drug-likeness (QED) is 0.402. The summed E-state index contributed by atoms with van der Waals surface area (Å²) < 4.78 is 5.02. The summed E-state index contributed by atoms with van der Waals surface area (Å²) in [6, 6.07) is 0. The van der Waals surface area contributed by atoms with Gasteiger partial charge in [-0.3, -0.25) is 4.79 Å². The molecule has 0 rings (SSSR count). The van der Waals surface area contributed by atoms with Gasteiger partial charge in [0.15, 0.2) is 0 Å². The van der Waals surface area contributed by atoms with E-state index in [0.29, 0.717) is 6.61 Å². The summed E-state index contributed by atoms with van der Waals surface area (Å²) in [4.78, 5) is 10.7. The molecule has 0 bridgehead atoms. The third-order valence-electron chi connectivity index (χ3n) is 2.02. The maximum atomic E-state index is 10.7. The number of carbonyl (C=O) groups is 1. The Labute approximate surface area is 107 Å². The minimum absolute atomic E-state index is 0.216. The molecule has 0 N–H and O–H groups in total. The smallest absolute Gasteiger partial charge is 0.302 e. The summed E-state index contributed by atoms with van der Waals surface area (Å²) in [6.45, 7) is 6.05. The zero-order valence-corrected chi connectivity index (χ0v) is 12.0. The van der Waals surface area contributed by atoms with Crippen LogP contribution in [0.5, 0.6) is 0 Å². The monoisotopic (exact) mass is 288 g/mol. The fraction of sp³-hybridized carbons (Fsp3) is 0.615. The first-order chi connectivity index (χ1) is 7.56. The summed E-state index contributed by atoms with van der Waals surface area (Å²) in [5, 5.41) is 0.944. The minimum Gasteiger partial charge on any atom is -0.461 e. The summed E-state index contributed by atoms with van der Waals surface area (Å²) in [6.07, 6.45) is 7.31. The van der Waals surface area contributed by atoms with Crippen LogP contribution >= 0.6 is 15.9 Å². The van der Waals surface area contributed by atoms with Crippen molar-refractivity contribution in [3.63, 3.8) is 0 Å². The summed E-state index contributed by atoms with van der Waals surface area (Å²) in [5.41, 5.74) is 2.53. The topological polar surface area (TPSA) is 26.3 Å². The van der Waals surface area contributed by atoms with Crippen LogP contribution in [0.3, 0.4) is 0 Å². The van der Waals surface area contributed by atoms with Crippen LogP contribution in [0.25, 0.3) is 0 Å². The Morgan fingerprint density at radius 2 is 1.88 bits per heavy atom. The van der Waals surface area contributed by atoms with Crippen molar-refractivity contribution in [2.45, 2.75) is 40.0 Å². The molecule has 0 aliphatic heterocycles. The maximum Gasteiger partial charge on any atom is 0.302 e. The molecular weight excluding hydrogens is 268 g/mol. The molecular formula is C13H21BrO2. The highest BCUT2D eigenvalue weighted by molar-refractivity contribution is 9.09. The number of hydrogen-bond acceptors (Lipinski definition) is 2. The van der Waals surface area contributed by atoms with Gasteiger partial charge in [0, 0.05) is 12.3 Å².